The van der Waals surface area contributed by atoms with E-state index in [1.165, 1.54) is 11.1 Å². The summed E-state index contributed by atoms with van der Waals surface area (Å²) in [5, 5.41) is 11.7. The standard InChI is InChI=1S/C16H23N3O/c1-4-10-17-11-6-9-15-18-19-16(20-15)14-8-5-7-12(2)13(14)3/h5,7-8,17H,4,6,9-11H2,1-3H3. The van der Waals surface area contributed by atoms with Gasteiger partial charge in [0.2, 0.25) is 11.8 Å². The van der Waals surface area contributed by atoms with Gasteiger partial charge in [0, 0.05) is 12.0 Å². The normalized spacial score (nSPS) is 10.9. The molecule has 4 nitrogen and oxygen atoms in total. The SMILES string of the molecule is CCCNCCCc1nnc(-c2cccc(C)c2C)o1. The molecule has 0 atom stereocenters. The van der Waals surface area contributed by atoms with Crippen molar-refractivity contribution in [3.8, 4) is 11.5 Å². The Morgan fingerprint density at radius 1 is 1.15 bits per heavy atom. The Kier molecular flexibility index (Phi) is 5.30. The molecule has 20 heavy (non-hydrogen) atoms. The lowest BCUT2D eigenvalue weighted by atomic mass is 10.0. The number of hydrogen-bond donors (Lipinski definition) is 1. The maximum Gasteiger partial charge on any atom is 0.248 e. The number of aryl methyl sites for hydroxylation is 2. The van der Waals surface area contributed by atoms with E-state index in [0.29, 0.717) is 5.89 Å². The van der Waals surface area contributed by atoms with Crippen LogP contribution in [0.2, 0.25) is 0 Å². The molecular weight excluding hydrogens is 250 g/mol. The van der Waals surface area contributed by atoms with Gasteiger partial charge in [0.1, 0.15) is 0 Å². The van der Waals surface area contributed by atoms with Crippen molar-refractivity contribution < 1.29 is 4.42 Å². The summed E-state index contributed by atoms with van der Waals surface area (Å²) in [6.45, 7) is 8.41. The van der Waals surface area contributed by atoms with Gasteiger partial charge >= 0.3 is 0 Å². The molecule has 0 amide bonds. The summed E-state index contributed by atoms with van der Waals surface area (Å²) < 4.78 is 5.76. The highest BCUT2D eigenvalue weighted by atomic mass is 16.4. The van der Waals surface area contributed by atoms with Crippen molar-refractivity contribution >= 4 is 0 Å². The molecule has 0 bridgehead atoms. The van der Waals surface area contributed by atoms with Gasteiger partial charge in [0.05, 0.1) is 0 Å². The molecule has 1 N–H and O–H groups in total. The maximum absolute atomic E-state index is 5.76. The van der Waals surface area contributed by atoms with E-state index in [1.807, 2.05) is 12.1 Å². The molecular formula is C16H23N3O. The topological polar surface area (TPSA) is 51.0 Å². The fraction of sp³-hybridized carbons (Fsp3) is 0.500. The molecule has 0 fully saturated rings. The third kappa shape index (κ3) is 3.67. The molecule has 0 saturated heterocycles. The number of aromatic nitrogens is 2. The zero-order chi connectivity index (χ0) is 14.4. The molecule has 0 radical (unpaired) electrons. The van der Waals surface area contributed by atoms with E-state index in [2.05, 4.69) is 42.4 Å². The van der Waals surface area contributed by atoms with Gasteiger partial charge in [0.25, 0.3) is 0 Å². The van der Waals surface area contributed by atoms with Crippen molar-refractivity contribution in [2.45, 2.75) is 40.0 Å². The Morgan fingerprint density at radius 3 is 2.80 bits per heavy atom. The monoisotopic (exact) mass is 273 g/mol. The molecule has 1 heterocycles. The van der Waals surface area contributed by atoms with E-state index in [1.54, 1.807) is 0 Å². The summed E-state index contributed by atoms with van der Waals surface area (Å²) in [6.07, 6.45) is 3.01. The highest BCUT2D eigenvalue weighted by molar-refractivity contribution is 5.59. The molecule has 0 aliphatic carbocycles. The van der Waals surface area contributed by atoms with Crippen LogP contribution in [0.25, 0.3) is 11.5 Å². The second-order valence-electron chi connectivity index (χ2n) is 5.10. The van der Waals surface area contributed by atoms with Crippen molar-refractivity contribution in [3.63, 3.8) is 0 Å². The minimum atomic E-state index is 0.628. The highest BCUT2D eigenvalue weighted by Crippen LogP contribution is 2.24. The lowest BCUT2D eigenvalue weighted by Crippen LogP contribution is -2.16. The first-order valence-electron chi connectivity index (χ1n) is 7.32. The lowest BCUT2D eigenvalue weighted by Gasteiger charge is -2.03. The molecule has 0 spiro atoms. The van der Waals surface area contributed by atoms with Crippen LogP contribution in [0.3, 0.4) is 0 Å². The Bertz CT molecular complexity index is 548. The number of nitrogens with one attached hydrogen (secondary N) is 1. The lowest BCUT2D eigenvalue weighted by molar-refractivity contribution is 0.491. The number of rotatable bonds is 7. The molecule has 2 rings (SSSR count). The number of benzene rings is 1. The minimum absolute atomic E-state index is 0.628. The van der Waals surface area contributed by atoms with Crippen molar-refractivity contribution in [3.05, 3.63) is 35.2 Å². The summed E-state index contributed by atoms with van der Waals surface area (Å²) in [4.78, 5) is 0. The Morgan fingerprint density at radius 2 is 2.00 bits per heavy atom. The van der Waals surface area contributed by atoms with Gasteiger partial charge in [-0.25, -0.2) is 0 Å². The third-order valence-electron chi connectivity index (χ3n) is 3.47. The van der Waals surface area contributed by atoms with Crippen LogP contribution in [0.4, 0.5) is 0 Å². The van der Waals surface area contributed by atoms with Crippen LogP contribution in [-0.2, 0) is 6.42 Å². The van der Waals surface area contributed by atoms with Crippen molar-refractivity contribution in [1.29, 1.82) is 0 Å². The molecule has 0 saturated carbocycles. The zero-order valence-electron chi connectivity index (χ0n) is 12.6. The first-order chi connectivity index (χ1) is 9.72. The van der Waals surface area contributed by atoms with Gasteiger partial charge in [-0.1, -0.05) is 19.1 Å². The second-order valence-corrected chi connectivity index (χ2v) is 5.10. The van der Waals surface area contributed by atoms with E-state index >= 15 is 0 Å². The van der Waals surface area contributed by atoms with Gasteiger partial charge < -0.3 is 9.73 Å². The smallest absolute Gasteiger partial charge is 0.248 e. The number of hydrogen-bond acceptors (Lipinski definition) is 4. The number of nitrogens with zero attached hydrogens (tertiary/aromatic N) is 2. The van der Waals surface area contributed by atoms with Crippen molar-refractivity contribution in [1.82, 2.24) is 15.5 Å². The molecule has 108 valence electrons. The van der Waals surface area contributed by atoms with E-state index in [0.717, 1.165) is 43.8 Å². The summed E-state index contributed by atoms with van der Waals surface area (Å²) in [6, 6.07) is 6.15. The average Bonchev–Trinajstić information content (AvgIpc) is 2.90. The van der Waals surface area contributed by atoms with Gasteiger partial charge in [-0.3, -0.25) is 0 Å². The van der Waals surface area contributed by atoms with E-state index in [4.69, 9.17) is 4.42 Å². The predicted octanol–water partition coefficient (Wildman–Crippen LogP) is 3.29. The summed E-state index contributed by atoms with van der Waals surface area (Å²) in [5.74, 6) is 1.35. The molecule has 1 aromatic carbocycles. The fourth-order valence-electron chi connectivity index (χ4n) is 2.11. The van der Waals surface area contributed by atoms with Gasteiger partial charge in [0.15, 0.2) is 0 Å². The molecule has 0 unspecified atom stereocenters. The van der Waals surface area contributed by atoms with Crippen LogP contribution in [0, 0.1) is 13.8 Å². The Labute approximate surface area is 120 Å². The van der Waals surface area contributed by atoms with Gasteiger partial charge in [-0.05, 0) is 57.0 Å². The van der Waals surface area contributed by atoms with Gasteiger partial charge in [-0.15, -0.1) is 10.2 Å². The first kappa shape index (κ1) is 14.7. The van der Waals surface area contributed by atoms with Crippen LogP contribution in [0.5, 0.6) is 0 Å². The quantitative estimate of drug-likeness (QED) is 0.786. The fourth-order valence-corrected chi connectivity index (χ4v) is 2.11. The summed E-state index contributed by atoms with van der Waals surface area (Å²) in [5.41, 5.74) is 3.48. The Balaban J connectivity index is 1.97. The Hall–Kier alpha value is -1.68. The first-order valence-corrected chi connectivity index (χ1v) is 7.32. The van der Waals surface area contributed by atoms with Crippen LogP contribution < -0.4 is 5.32 Å². The largest absolute Gasteiger partial charge is 0.421 e. The van der Waals surface area contributed by atoms with E-state index in [-0.39, 0.29) is 0 Å². The zero-order valence-corrected chi connectivity index (χ0v) is 12.6. The van der Waals surface area contributed by atoms with Crippen LogP contribution in [-0.4, -0.2) is 23.3 Å². The summed E-state index contributed by atoms with van der Waals surface area (Å²) in [7, 11) is 0. The van der Waals surface area contributed by atoms with Crippen LogP contribution in [0.15, 0.2) is 22.6 Å². The maximum atomic E-state index is 5.76. The van der Waals surface area contributed by atoms with E-state index in [9.17, 15) is 0 Å². The molecule has 1 aromatic heterocycles. The predicted molar refractivity (Wildman–Crippen MR) is 80.7 cm³/mol. The molecule has 0 aliphatic heterocycles. The highest BCUT2D eigenvalue weighted by Gasteiger charge is 2.11. The minimum Gasteiger partial charge on any atom is -0.421 e. The molecule has 2 aromatic rings. The average molecular weight is 273 g/mol. The third-order valence-corrected chi connectivity index (χ3v) is 3.47. The summed E-state index contributed by atoms with van der Waals surface area (Å²) >= 11 is 0. The van der Waals surface area contributed by atoms with Crippen molar-refractivity contribution in [2.75, 3.05) is 13.1 Å². The molecule has 0 aliphatic rings. The van der Waals surface area contributed by atoms with Crippen molar-refractivity contribution in [2.24, 2.45) is 0 Å². The molecule has 4 heteroatoms. The van der Waals surface area contributed by atoms with Gasteiger partial charge in [-0.2, -0.15) is 0 Å². The van der Waals surface area contributed by atoms with Crippen LogP contribution in [0.1, 0.15) is 36.8 Å². The van der Waals surface area contributed by atoms with Crippen LogP contribution >= 0.6 is 0 Å². The van der Waals surface area contributed by atoms with E-state index < -0.39 is 0 Å². The second kappa shape index (κ2) is 7.20.